The molecule has 3 aromatic heterocycles. The van der Waals surface area contributed by atoms with E-state index in [2.05, 4.69) is 42.1 Å². The van der Waals surface area contributed by atoms with Gasteiger partial charge in [-0.25, -0.2) is 15.8 Å². The maximum Gasteiger partial charge on any atom is 0.300 e. The Hall–Kier alpha value is -3.72. The first-order valence-corrected chi connectivity index (χ1v) is 8.31. The van der Waals surface area contributed by atoms with E-state index in [-0.39, 0.29) is 0 Å². The molecule has 0 saturated heterocycles. The Morgan fingerprint density at radius 2 is 2.04 bits per heavy atom. The molecule has 0 saturated carbocycles. The third-order valence-corrected chi connectivity index (χ3v) is 3.89. The summed E-state index contributed by atoms with van der Waals surface area (Å²) in [4.78, 5) is 17.3. The summed E-state index contributed by atoms with van der Waals surface area (Å²) in [6.45, 7) is 2.39. The molecule has 27 heavy (non-hydrogen) atoms. The molecule has 0 atom stereocenters. The van der Waals surface area contributed by atoms with Crippen LogP contribution >= 0.6 is 0 Å². The lowest BCUT2D eigenvalue weighted by Crippen LogP contribution is -2.14. The molecule has 0 bridgehead atoms. The first-order chi connectivity index (χ1) is 13.2. The number of hydrazine groups is 1. The fourth-order valence-electron chi connectivity index (χ4n) is 2.62. The second-order valence-corrected chi connectivity index (χ2v) is 5.90. The molecule has 1 aromatic carbocycles. The van der Waals surface area contributed by atoms with Crippen molar-refractivity contribution in [1.29, 1.82) is 0 Å². The summed E-state index contributed by atoms with van der Waals surface area (Å²) in [5.41, 5.74) is 5.36. The van der Waals surface area contributed by atoms with Gasteiger partial charge in [0.15, 0.2) is 17.5 Å². The third kappa shape index (κ3) is 3.77. The minimum absolute atomic E-state index is 0.350. The molecule has 4 rings (SSSR count). The van der Waals surface area contributed by atoms with Crippen molar-refractivity contribution in [3.8, 4) is 0 Å². The summed E-state index contributed by atoms with van der Waals surface area (Å²) in [5.74, 6) is 6.98. The van der Waals surface area contributed by atoms with Crippen molar-refractivity contribution in [2.24, 2.45) is 5.84 Å². The van der Waals surface area contributed by atoms with E-state index in [9.17, 15) is 0 Å². The van der Waals surface area contributed by atoms with Crippen LogP contribution in [0.25, 0.3) is 10.9 Å². The minimum atomic E-state index is 0.350. The molecule has 0 unspecified atom stereocenters. The maximum atomic E-state index is 5.55. The molecule has 0 spiro atoms. The van der Waals surface area contributed by atoms with Crippen LogP contribution in [-0.2, 0) is 6.54 Å². The van der Waals surface area contributed by atoms with Crippen LogP contribution in [0.5, 0.6) is 0 Å². The predicted molar refractivity (Wildman–Crippen MR) is 103 cm³/mol. The number of aromatic nitrogens is 4. The lowest BCUT2D eigenvalue weighted by atomic mass is 10.1. The van der Waals surface area contributed by atoms with Gasteiger partial charge in [0.05, 0.1) is 17.4 Å². The van der Waals surface area contributed by atoms with Gasteiger partial charge in [-0.05, 0) is 30.7 Å². The number of nitrogen functional groups attached to an aromatic ring is 1. The van der Waals surface area contributed by atoms with Crippen LogP contribution in [0.15, 0.2) is 53.4 Å². The Morgan fingerprint density at radius 1 is 1.11 bits per heavy atom. The van der Waals surface area contributed by atoms with Gasteiger partial charge in [0, 0.05) is 18.1 Å². The highest BCUT2D eigenvalue weighted by molar-refractivity contribution is 5.79. The van der Waals surface area contributed by atoms with Gasteiger partial charge in [-0.3, -0.25) is 10.3 Å². The lowest BCUT2D eigenvalue weighted by molar-refractivity contribution is 0.576. The number of anilines is 4. The summed E-state index contributed by atoms with van der Waals surface area (Å²) in [7, 11) is 0. The van der Waals surface area contributed by atoms with Gasteiger partial charge in [0.2, 0.25) is 0 Å². The van der Waals surface area contributed by atoms with Crippen molar-refractivity contribution in [3.05, 3.63) is 60.2 Å². The molecule has 0 aliphatic rings. The number of nitrogens with two attached hydrogens (primary N) is 1. The zero-order valence-corrected chi connectivity index (χ0v) is 14.6. The van der Waals surface area contributed by atoms with Gasteiger partial charge in [-0.1, -0.05) is 12.1 Å². The zero-order valence-electron chi connectivity index (χ0n) is 14.6. The number of hydrogen-bond acceptors (Lipinski definition) is 9. The van der Waals surface area contributed by atoms with Gasteiger partial charge in [0.25, 0.3) is 0 Å². The summed E-state index contributed by atoms with van der Waals surface area (Å²) >= 11 is 0. The average molecular weight is 362 g/mol. The van der Waals surface area contributed by atoms with Crippen molar-refractivity contribution in [3.63, 3.8) is 0 Å². The van der Waals surface area contributed by atoms with Crippen LogP contribution in [-0.4, -0.2) is 19.9 Å². The van der Waals surface area contributed by atoms with Crippen molar-refractivity contribution in [2.75, 3.05) is 16.1 Å². The van der Waals surface area contributed by atoms with Crippen LogP contribution in [0.4, 0.5) is 23.5 Å². The summed E-state index contributed by atoms with van der Waals surface area (Å²) in [6.07, 6.45) is 4.88. The lowest BCUT2D eigenvalue weighted by Gasteiger charge is -2.12. The van der Waals surface area contributed by atoms with E-state index in [1.54, 1.807) is 18.7 Å². The van der Waals surface area contributed by atoms with E-state index >= 15 is 0 Å². The van der Waals surface area contributed by atoms with Crippen LogP contribution in [0.3, 0.4) is 0 Å². The van der Waals surface area contributed by atoms with E-state index in [4.69, 9.17) is 10.3 Å². The number of nitrogens with zero attached hydrogens (tertiary/aromatic N) is 4. The monoisotopic (exact) mass is 362 g/mol. The summed E-state index contributed by atoms with van der Waals surface area (Å²) < 4.78 is 5.28. The minimum Gasteiger partial charge on any atom is -0.432 e. The molecule has 4 aromatic rings. The topological polar surface area (TPSA) is 127 Å². The van der Waals surface area contributed by atoms with E-state index < -0.39 is 0 Å². The quantitative estimate of drug-likeness (QED) is 0.302. The molecule has 5 N–H and O–H groups in total. The van der Waals surface area contributed by atoms with Gasteiger partial charge < -0.3 is 15.2 Å². The maximum absolute atomic E-state index is 5.55. The molecule has 9 heteroatoms. The van der Waals surface area contributed by atoms with Crippen LogP contribution < -0.4 is 21.9 Å². The molecule has 0 fully saturated rings. The summed E-state index contributed by atoms with van der Waals surface area (Å²) in [5, 5.41) is 7.30. The molecule has 136 valence electrons. The first-order valence-electron chi connectivity index (χ1n) is 8.31. The van der Waals surface area contributed by atoms with Crippen molar-refractivity contribution in [2.45, 2.75) is 13.5 Å². The highest BCUT2D eigenvalue weighted by Gasteiger charge is 2.09. The smallest absolute Gasteiger partial charge is 0.300 e. The number of pyridine rings is 1. The standard InChI is InChI=1S/C18H18N8O/c1-11-10-27-18(23-11)25-15-9-22-17(26-19)16(24-15)21-8-12-4-5-14-13(7-12)3-2-6-20-14/h2-7,9-10H,8,19H2,1H3,(H,22,26)(H2,21,23,24,25). The second-order valence-electron chi connectivity index (χ2n) is 5.90. The Morgan fingerprint density at radius 3 is 2.85 bits per heavy atom. The first kappa shape index (κ1) is 16.7. The Kier molecular flexibility index (Phi) is 4.50. The Balaban J connectivity index is 1.53. The SMILES string of the molecule is Cc1coc(Nc2cnc(NN)c(NCc3ccc4ncccc4c3)n2)n1. The number of rotatable bonds is 6. The van der Waals surface area contributed by atoms with Gasteiger partial charge >= 0.3 is 6.01 Å². The highest BCUT2D eigenvalue weighted by atomic mass is 16.4. The fourth-order valence-corrected chi connectivity index (χ4v) is 2.62. The van der Waals surface area contributed by atoms with Crippen LogP contribution in [0.2, 0.25) is 0 Å². The Bertz CT molecular complexity index is 1080. The average Bonchev–Trinajstić information content (AvgIpc) is 3.11. The molecular formula is C18H18N8O. The third-order valence-electron chi connectivity index (χ3n) is 3.89. The van der Waals surface area contributed by atoms with Gasteiger partial charge in [-0.15, -0.1) is 0 Å². The number of benzene rings is 1. The normalized spacial score (nSPS) is 10.7. The highest BCUT2D eigenvalue weighted by Crippen LogP contribution is 2.21. The second kappa shape index (κ2) is 7.26. The molecule has 0 radical (unpaired) electrons. The van der Waals surface area contributed by atoms with Crippen molar-refractivity contribution < 1.29 is 4.42 Å². The van der Waals surface area contributed by atoms with Crippen molar-refractivity contribution in [1.82, 2.24) is 19.9 Å². The predicted octanol–water partition coefficient (Wildman–Crippen LogP) is 2.96. The number of fused-ring (bicyclic) bond motifs is 1. The van der Waals surface area contributed by atoms with E-state index in [1.165, 1.54) is 0 Å². The van der Waals surface area contributed by atoms with Gasteiger partial charge in [-0.2, -0.15) is 4.98 Å². The van der Waals surface area contributed by atoms with E-state index in [0.717, 1.165) is 22.2 Å². The molecular weight excluding hydrogens is 344 g/mol. The molecule has 9 nitrogen and oxygen atoms in total. The van der Waals surface area contributed by atoms with Gasteiger partial charge in [0.1, 0.15) is 6.26 Å². The molecule has 0 amide bonds. The van der Waals surface area contributed by atoms with Crippen molar-refractivity contribution >= 4 is 34.4 Å². The van der Waals surface area contributed by atoms with Crippen LogP contribution in [0, 0.1) is 6.92 Å². The fraction of sp³-hybridized carbons (Fsp3) is 0.111. The number of hydrogen-bond donors (Lipinski definition) is 4. The zero-order chi connectivity index (χ0) is 18.6. The number of oxazole rings is 1. The summed E-state index contributed by atoms with van der Waals surface area (Å²) in [6, 6.07) is 10.4. The largest absolute Gasteiger partial charge is 0.432 e. The number of aryl methyl sites for hydroxylation is 1. The molecule has 3 heterocycles. The van der Waals surface area contributed by atoms with E-state index in [0.29, 0.717) is 30.0 Å². The molecule has 0 aliphatic heterocycles. The van der Waals surface area contributed by atoms with Crippen LogP contribution in [0.1, 0.15) is 11.3 Å². The van der Waals surface area contributed by atoms with E-state index in [1.807, 2.05) is 31.2 Å². The molecule has 0 aliphatic carbocycles. The number of nitrogens with one attached hydrogen (secondary N) is 3. The Labute approximate surface area is 155 Å².